The number of allylic oxidation sites excluding steroid dienone is 5. The third-order valence-corrected chi connectivity index (χ3v) is 5.10. The molecule has 3 aromatic rings. The van der Waals surface area contributed by atoms with Gasteiger partial charge in [0, 0.05) is 13.6 Å². The van der Waals surface area contributed by atoms with Gasteiger partial charge in [0.05, 0.1) is 22.6 Å². The van der Waals surface area contributed by atoms with Gasteiger partial charge in [0.25, 0.3) is 5.91 Å². The number of para-hydroxylation sites is 1. The van der Waals surface area contributed by atoms with Gasteiger partial charge in [-0.25, -0.2) is 4.68 Å². The number of benzene rings is 2. The van der Waals surface area contributed by atoms with Crippen LogP contribution >= 0.6 is 0 Å². The number of hydrogen-bond acceptors (Lipinski definition) is 2. The number of nitrogens with zero attached hydrogens (tertiary/aromatic N) is 3. The zero-order valence-corrected chi connectivity index (χ0v) is 19.1. The monoisotopic (exact) mass is 425 g/mol. The van der Waals surface area contributed by atoms with E-state index in [1.54, 1.807) is 4.90 Å². The quantitative estimate of drug-likeness (QED) is 0.381. The molecule has 0 atom stereocenters. The molecule has 0 aliphatic heterocycles. The standard InChI is InChI=1S/C28H31N3O/c1-4-6-7-8-15-21-25-27(28(32)30(3)22-23-17-11-9-12-18-23)26(16-5-2)31(29-25)24-19-13-10-14-20-24/h4,6-15,17-21H,5,16,22H2,1-3H3/b6-4-,8-7-,21-15+. The maximum Gasteiger partial charge on any atom is 0.258 e. The zero-order valence-electron chi connectivity index (χ0n) is 19.1. The van der Waals surface area contributed by atoms with Gasteiger partial charge in [0.2, 0.25) is 0 Å². The Morgan fingerprint density at radius 1 is 0.969 bits per heavy atom. The fraction of sp³-hybridized carbons (Fsp3) is 0.214. The number of rotatable bonds is 9. The average molecular weight is 426 g/mol. The molecular weight excluding hydrogens is 394 g/mol. The van der Waals surface area contributed by atoms with E-state index in [4.69, 9.17) is 5.10 Å². The number of carbonyl (C=O) groups excluding carboxylic acids is 1. The smallest absolute Gasteiger partial charge is 0.258 e. The predicted molar refractivity (Wildman–Crippen MR) is 133 cm³/mol. The predicted octanol–water partition coefficient (Wildman–Crippen LogP) is 6.24. The normalized spacial score (nSPS) is 11.7. The molecule has 0 saturated carbocycles. The summed E-state index contributed by atoms with van der Waals surface area (Å²) >= 11 is 0. The highest BCUT2D eigenvalue weighted by Gasteiger charge is 2.25. The first-order valence-corrected chi connectivity index (χ1v) is 11.1. The van der Waals surface area contributed by atoms with Crippen molar-refractivity contribution in [1.29, 1.82) is 0 Å². The maximum absolute atomic E-state index is 13.7. The number of aromatic nitrogens is 2. The van der Waals surface area contributed by atoms with E-state index in [0.717, 1.165) is 29.8 Å². The van der Waals surface area contributed by atoms with Gasteiger partial charge in [0.15, 0.2) is 0 Å². The van der Waals surface area contributed by atoms with Gasteiger partial charge in [-0.2, -0.15) is 5.10 Å². The second-order valence-electron chi connectivity index (χ2n) is 7.62. The van der Waals surface area contributed by atoms with E-state index >= 15 is 0 Å². The summed E-state index contributed by atoms with van der Waals surface area (Å²) in [5.74, 6) is -0.0171. The van der Waals surface area contributed by atoms with Gasteiger partial charge in [-0.15, -0.1) is 0 Å². The van der Waals surface area contributed by atoms with Crippen LogP contribution in [-0.2, 0) is 13.0 Å². The molecule has 0 radical (unpaired) electrons. The molecular formula is C28H31N3O. The highest BCUT2D eigenvalue weighted by atomic mass is 16.2. The minimum absolute atomic E-state index is 0.0171. The summed E-state index contributed by atoms with van der Waals surface area (Å²) < 4.78 is 1.92. The molecule has 0 spiro atoms. The highest BCUT2D eigenvalue weighted by Crippen LogP contribution is 2.24. The van der Waals surface area contributed by atoms with Gasteiger partial charge in [0.1, 0.15) is 0 Å². The van der Waals surface area contributed by atoms with Crippen molar-refractivity contribution in [3.8, 4) is 5.69 Å². The Hall–Kier alpha value is -3.66. The summed E-state index contributed by atoms with van der Waals surface area (Å²) in [6.45, 7) is 4.65. The molecule has 1 amide bonds. The van der Waals surface area contributed by atoms with Crippen LogP contribution in [0.25, 0.3) is 11.8 Å². The van der Waals surface area contributed by atoms with E-state index in [2.05, 4.69) is 6.92 Å². The summed E-state index contributed by atoms with van der Waals surface area (Å²) in [5.41, 5.74) is 4.36. The van der Waals surface area contributed by atoms with Crippen molar-refractivity contribution in [1.82, 2.24) is 14.7 Å². The van der Waals surface area contributed by atoms with Gasteiger partial charge in [-0.05, 0) is 37.1 Å². The molecule has 1 aromatic heterocycles. The van der Waals surface area contributed by atoms with Gasteiger partial charge in [-0.1, -0.05) is 92.3 Å². The Bertz CT molecular complexity index is 1090. The van der Waals surface area contributed by atoms with E-state index < -0.39 is 0 Å². The summed E-state index contributed by atoms with van der Waals surface area (Å²) in [6.07, 6.45) is 13.4. The van der Waals surface area contributed by atoms with Crippen LogP contribution in [0.2, 0.25) is 0 Å². The largest absolute Gasteiger partial charge is 0.337 e. The third kappa shape index (κ3) is 5.73. The second-order valence-corrected chi connectivity index (χ2v) is 7.62. The van der Waals surface area contributed by atoms with Crippen molar-refractivity contribution in [2.45, 2.75) is 33.2 Å². The van der Waals surface area contributed by atoms with Crippen LogP contribution in [0.4, 0.5) is 0 Å². The molecule has 1 heterocycles. The lowest BCUT2D eigenvalue weighted by Gasteiger charge is -2.18. The Kier molecular flexibility index (Phi) is 8.38. The topological polar surface area (TPSA) is 38.1 Å². The highest BCUT2D eigenvalue weighted by molar-refractivity contribution is 5.98. The fourth-order valence-electron chi connectivity index (χ4n) is 3.58. The lowest BCUT2D eigenvalue weighted by molar-refractivity contribution is 0.0783. The number of carbonyl (C=O) groups is 1. The van der Waals surface area contributed by atoms with Crippen molar-refractivity contribution in [3.63, 3.8) is 0 Å². The average Bonchev–Trinajstić information content (AvgIpc) is 3.18. The zero-order chi connectivity index (χ0) is 22.8. The van der Waals surface area contributed by atoms with Crippen LogP contribution < -0.4 is 0 Å². The molecule has 32 heavy (non-hydrogen) atoms. The molecule has 0 unspecified atom stereocenters. The molecule has 3 rings (SSSR count). The van der Waals surface area contributed by atoms with Crippen LogP contribution in [0.3, 0.4) is 0 Å². The van der Waals surface area contributed by atoms with E-state index in [0.29, 0.717) is 17.8 Å². The van der Waals surface area contributed by atoms with Crippen molar-refractivity contribution in [3.05, 3.63) is 114 Å². The SMILES string of the molecule is C\C=C/C=C\C=C\c1nn(-c2ccccc2)c(CCC)c1C(=O)N(C)Cc1ccccc1. The number of hydrogen-bond donors (Lipinski definition) is 0. The second kappa shape index (κ2) is 11.7. The first kappa shape index (κ1) is 23.0. The van der Waals surface area contributed by atoms with Gasteiger partial charge >= 0.3 is 0 Å². The van der Waals surface area contributed by atoms with Crippen molar-refractivity contribution >= 4 is 12.0 Å². The van der Waals surface area contributed by atoms with E-state index in [9.17, 15) is 4.79 Å². The van der Waals surface area contributed by atoms with E-state index in [1.165, 1.54) is 0 Å². The molecule has 4 heteroatoms. The van der Waals surface area contributed by atoms with E-state index in [1.807, 2.05) is 116 Å². The Morgan fingerprint density at radius 3 is 2.28 bits per heavy atom. The molecule has 0 fully saturated rings. The Balaban J connectivity index is 2.05. The molecule has 0 aliphatic carbocycles. The first-order chi connectivity index (χ1) is 15.7. The molecule has 0 bridgehead atoms. The summed E-state index contributed by atoms with van der Waals surface area (Å²) in [7, 11) is 1.85. The third-order valence-electron chi connectivity index (χ3n) is 5.10. The van der Waals surface area contributed by atoms with Crippen molar-refractivity contribution in [2.24, 2.45) is 0 Å². The van der Waals surface area contributed by atoms with Gasteiger partial charge in [-0.3, -0.25) is 4.79 Å². The molecule has 4 nitrogen and oxygen atoms in total. The molecule has 164 valence electrons. The summed E-state index contributed by atoms with van der Waals surface area (Å²) in [4.78, 5) is 15.4. The first-order valence-electron chi connectivity index (χ1n) is 11.1. The maximum atomic E-state index is 13.7. The summed E-state index contributed by atoms with van der Waals surface area (Å²) in [6, 6.07) is 20.1. The van der Waals surface area contributed by atoms with Crippen LogP contribution in [0, 0.1) is 0 Å². The lowest BCUT2D eigenvalue weighted by atomic mass is 10.1. The lowest BCUT2D eigenvalue weighted by Crippen LogP contribution is -2.27. The molecule has 0 saturated heterocycles. The van der Waals surface area contributed by atoms with Crippen LogP contribution in [-0.4, -0.2) is 27.6 Å². The molecule has 0 aliphatic rings. The van der Waals surface area contributed by atoms with Crippen LogP contribution in [0.5, 0.6) is 0 Å². The van der Waals surface area contributed by atoms with Gasteiger partial charge < -0.3 is 4.90 Å². The molecule has 2 aromatic carbocycles. The fourth-order valence-corrected chi connectivity index (χ4v) is 3.58. The Labute approximate surface area is 191 Å². The minimum Gasteiger partial charge on any atom is -0.337 e. The minimum atomic E-state index is -0.0171. The van der Waals surface area contributed by atoms with Crippen LogP contribution in [0.1, 0.15) is 47.6 Å². The van der Waals surface area contributed by atoms with Crippen LogP contribution in [0.15, 0.2) is 91.0 Å². The van der Waals surface area contributed by atoms with E-state index in [-0.39, 0.29) is 5.91 Å². The van der Waals surface area contributed by atoms with Crippen molar-refractivity contribution in [2.75, 3.05) is 7.05 Å². The molecule has 0 N–H and O–H groups in total. The summed E-state index contributed by atoms with van der Waals surface area (Å²) in [5, 5.41) is 4.86. The van der Waals surface area contributed by atoms with Crippen molar-refractivity contribution < 1.29 is 4.79 Å². The number of amides is 1. The Morgan fingerprint density at radius 2 is 1.62 bits per heavy atom.